The molecule has 1 amide bonds. The first-order valence-corrected chi connectivity index (χ1v) is 8.61. The van der Waals surface area contributed by atoms with Crippen LogP contribution in [0.15, 0.2) is 53.0 Å². The molecule has 1 N–H and O–H groups in total. The molecule has 0 radical (unpaired) electrons. The zero-order chi connectivity index (χ0) is 17.5. The molecule has 2 aromatic carbocycles. The topological polar surface area (TPSA) is 41.6 Å². The molecule has 0 aliphatic heterocycles. The van der Waals surface area contributed by atoms with Crippen LogP contribution in [0.3, 0.4) is 0 Å². The molecule has 2 aromatic rings. The molecule has 0 aromatic heterocycles. The van der Waals surface area contributed by atoms with Gasteiger partial charge in [-0.15, -0.1) is 0 Å². The number of rotatable bonds is 7. The Hall–Kier alpha value is -1.85. The van der Waals surface area contributed by atoms with Gasteiger partial charge in [-0.25, -0.2) is 0 Å². The maximum Gasteiger partial charge on any atom is 0.224 e. The second-order valence-corrected chi connectivity index (χ2v) is 6.74. The molecule has 0 spiro atoms. The molecule has 0 fully saturated rings. The molecular weight excluding hydrogens is 368 g/mol. The lowest BCUT2D eigenvalue weighted by atomic mass is 10.0. The minimum Gasteiger partial charge on any atom is -0.496 e. The number of likely N-dealkylation sites (N-methyl/N-ethyl adjacent to an activating group) is 1. The van der Waals surface area contributed by atoms with Crippen molar-refractivity contribution < 1.29 is 9.53 Å². The van der Waals surface area contributed by atoms with E-state index in [0.717, 1.165) is 21.3 Å². The molecule has 24 heavy (non-hydrogen) atoms. The van der Waals surface area contributed by atoms with Gasteiger partial charge < -0.3 is 15.0 Å². The van der Waals surface area contributed by atoms with Crippen LogP contribution in [0.4, 0.5) is 0 Å². The molecule has 0 aliphatic carbocycles. The van der Waals surface area contributed by atoms with Gasteiger partial charge in [-0.2, -0.15) is 0 Å². The first-order valence-electron chi connectivity index (χ1n) is 7.81. The van der Waals surface area contributed by atoms with Gasteiger partial charge in [0.1, 0.15) is 5.75 Å². The third-order valence-electron chi connectivity index (χ3n) is 3.89. The number of carbonyl (C=O) groups is 1. The van der Waals surface area contributed by atoms with Gasteiger partial charge in [0.05, 0.1) is 19.6 Å². The van der Waals surface area contributed by atoms with Crippen molar-refractivity contribution in [3.05, 3.63) is 64.1 Å². The normalized spacial score (nSPS) is 12.0. The van der Waals surface area contributed by atoms with Crippen molar-refractivity contribution >= 4 is 21.8 Å². The van der Waals surface area contributed by atoms with Crippen LogP contribution in [0.1, 0.15) is 17.2 Å². The highest BCUT2D eigenvalue weighted by molar-refractivity contribution is 9.10. The lowest BCUT2D eigenvalue weighted by Crippen LogP contribution is -2.35. The van der Waals surface area contributed by atoms with Crippen molar-refractivity contribution in [2.24, 2.45) is 0 Å². The monoisotopic (exact) mass is 390 g/mol. The maximum atomic E-state index is 12.2. The average Bonchev–Trinajstić information content (AvgIpc) is 2.57. The Balaban J connectivity index is 2.01. The summed E-state index contributed by atoms with van der Waals surface area (Å²) in [6.07, 6.45) is 0.374. The number of halogens is 1. The fourth-order valence-corrected chi connectivity index (χ4v) is 2.84. The molecular formula is C19H23BrN2O2. The predicted molar refractivity (Wildman–Crippen MR) is 100 cm³/mol. The molecule has 1 unspecified atom stereocenters. The number of para-hydroxylation sites is 1. The quantitative estimate of drug-likeness (QED) is 0.787. The fraction of sp³-hybridized carbons (Fsp3) is 0.316. The Kier molecular flexibility index (Phi) is 6.82. The highest BCUT2D eigenvalue weighted by Gasteiger charge is 2.19. The molecule has 0 bridgehead atoms. The summed E-state index contributed by atoms with van der Waals surface area (Å²) in [4.78, 5) is 14.3. The van der Waals surface area contributed by atoms with E-state index in [4.69, 9.17) is 4.74 Å². The van der Waals surface area contributed by atoms with Crippen molar-refractivity contribution in [2.45, 2.75) is 12.5 Å². The number of ether oxygens (including phenoxy) is 1. The summed E-state index contributed by atoms with van der Waals surface area (Å²) in [5.74, 6) is 0.845. The third kappa shape index (κ3) is 5.08. The number of hydrogen-bond acceptors (Lipinski definition) is 3. The van der Waals surface area contributed by atoms with Gasteiger partial charge in [-0.3, -0.25) is 4.79 Å². The van der Waals surface area contributed by atoms with Gasteiger partial charge in [0.25, 0.3) is 0 Å². The van der Waals surface area contributed by atoms with E-state index in [9.17, 15) is 4.79 Å². The molecule has 0 heterocycles. The molecule has 5 heteroatoms. The van der Waals surface area contributed by atoms with Crippen molar-refractivity contribution in [2.75, 3.05) is 27.7 Å². The fourth-order valence-electron chi connectivity index (χ4n) is 2.57. The van der Waals surface area contributed by atoms with Crippen molar-refractivity contribution in [1.29, 1.82) is 0 Å². The van der Waals surface area contributed by atoms with Crippen molar-refractivity contribution in [3.63, 3.8) is 0 Å². The minimum atomic E-state index is 0.0130. The van der Waals surface area contributed by atoms with E-state index in [1.54, 1.807) is 7.11 Å². The number of carbonyl (C=O) groups excluding carboxylic acids is 1. The van der Waals surface area contributed by atoms with Gasteiger partial charge in [-0.05, 0) is 37.9 Å². The van der Waals surface area contributed by atoms with E-state index in [1.165, 1.54) is 0 Å². The van der Waals surface area contributed by atoms with E-state index < -0.39 is 0 Å². The first kappa shape index (κ1) is 18.5. The number of nitrogens with zero attached hydrogens (tertiary/aromatic N) is 1. The molecule has 0 saturated heterocycles. The smallest absolute Gasteiger partial charge is 0.224 e. The number of benzene rings is 2. The summed E-state index contributed by atoms with van der Waals surface area (Å²) in [6, 6.07) is 15.7. The van der Waals surface area contributed by atoms with Crippen LogP contribution >= 0.6 is 15.9 Å². The molecule has 0 saturated carbocycles. The largest absolute Gasteiger partial charge is 0.496 e. The van der Waals surface area contributed by atoms with Crippen LogP contribution in [0.2, 0.25) is 0 Å². The number of hydrogen-bond donors (Lipinski definition) is 1. The van der Waals surface area contributed by atoms with Gasteiger partial charge in [0.2, 0.25) is 5.91 Å². The summed E-state index contributed by atoms with van der Waals surface area (Å²) in [7, 11) is 5.66. The molecule has 1 atom stereocenters. The number of methoxy groups -OCH3 is 1. The lowest BCUT2D eigenvalue weighted by molar-refractivity contribution is -0.120. The van der Waals surface area contributed by atoms with E-state index >= 15 is 0 Å². The van der Waals surface area contributed by atoms with Crippen LogP contribution in [-0.4, -0.2) is 38.6 Å². The van der Waals surface area contributed by atoms with Crippen molar-refractivity contribution in [1.82, 2.24) is 10.2 Å². The highest BCUT2D eigenvalue weighted by Crippen LogP contribution is 2.27. The Bertz CT molecular complexity index is 671. The van der Waals surface area contributed by atoms with Crippen molar-refractivity contribution in [3.8, 4) is 5.75 Å². The van der Waals surface area contributed by atoms with Crippen LogP contribution in [0.25, 0.3) is 0 Å². The van der Waals surface area contributed by atoms with Crippen LogP contribution in [-0.2, 0) is 11.2 Å². The maximum absolute atomic E-state index is 12.2. The Morgan fingerprint density at radius 2 is 1.83 bits per heavy atom. The average molecular weight is 391 g/mol. The Labute approximate surface area is 151 Å². The van der Waals surface area contributed by atoms with E-state index in [1.807, 2.05) is 62.6 Å². The molecule has 128 valence electrons. The van der Waals surface area contributed by atoms with Crippen LogP contribution in [0, 0.1) is 0 Å². The summed E-state index contributed by atoms with van der Waals surface area (Å²) in [5, 5.41) is 3.03. The molecule has 4 nitrogen and oxygen atoms in total. The summed E-state index contributed by atoms with van der Waals surface area (Å²) >= 11 is 3.40. The Morgan fingerprint density at radius 1 is 1.17 bits per heavy atom. The third-order valence-corrected chi connectivity index (χ3v) is 4.42. The summed E-state index contributed by atoms with van der Waals surface area (Å²) in [5.41, 5.74) is 2.06. The zero-order valence-corrected chi connectivity index (χ0v) is 15.8. The van der Waals surface area contributed by atoms with Gasteiger partial charge in [0.15, 0.2) is 0 Å². The summed E-state index contributed by atoms with van der Waals surface area (Å²) in [6.45, 7) is 0.530. The van der Waals surface area contributed by atoms with E-state index in [2.05, 4.69) is 26.1 Å². The van der Waals surface area contributed by atoms with Crippen LogP contribution in [0.5, 0.6) is 5.75 Å². The highest BCUT2D eigenvalue weighted by atomic mass is 79.9. The SMILES string of the molecule is COc1ccccc1C(CNC(=O)Cc1ccc(Br)cc1)N(C)C. The summed E-state index contributed by atoms with van der Waals surface area (Å²) < 4.78 is 6.46. The second-order valence-electron chi connectivity index (χ2n) is 5.83. The van der Waals surface area contributed by atoms with Gasteiger partial charge in [-0.1, -0.05) is 46.3 Å². The van der Waals surface area contributed by atoms with E-state index in [0.29, 0.717) is 13.0 Å². The standard InChI is InChI=1S/C19H23BrN2O2/c1-22(2)17(16-6-4-5-7-18(16)24-3)13-21-19(23)12-14-8-10-15(20)11-9-14/h4-11,17H,12-13H2,1-3H3,(H,21,23). The number of amides is 1. The second kappa shape index (κ2) is 8.85. The lowest BCUT2D eigenvalue weighted by Gasteiger charge is -2.26. The van der Waals surface area contributed by atoms with Gasteiger partial charge >= 0.3 is 0 Å². The molecule has 0 aliphatic rings. The molecule has 2 rings (SSSR count). The first-order chi connectivity index (χ1) is 11.5. The zero-order valence-electron chi connectivity index (χ0n) is 14.3. The number of nitrogens with one attached hydrogen (secondary N) is 1. The van der Waals surface area contributed by atoms with Gasteiger partial charge in [0, 0.05) is 16.6 Å². The van der Waals surface area contributed by atoms with E-state index in [-0.39, 0.29) is 11.9 Å². The predicted octanol–water partition coefficient (Wildman–Crippen LogP) is 3.42. The van der Waals surface area contributed by atoms with Crippen LogP contribution < -0.4 is 10.1 Å². The minimum absolute atomic E-state index is 0.0130. The Morgan fingerprint density at radius 3 is 2.46 bits per heavy atom.